The first-order valence-corrected chi connectivity index (χ1v) is 3.90. The molecule has 0 atom stereocenters. The summed E-state index contributed by atoms with van der Waals surface area (Å²) in [4.78, 5) is 13.9. The summed E-state index contributed by atoms with van der Waals surface area (Å²) in [5.74, 6) is 0. The summed E-state index contributed by atoms with van der Waals surface area (Å²) in [5, 5.41) is 10.4. The maximum absolute atomic E-state index is 10.4. The fourth-order valence-electron chi connectivity index (χ4n) is 1.01. The number of rotatable bonds is 1. The highest BCUT2D eigenvalue weighted by Gasteiger charge is 2.28. The second kappa shape index (κ2) is 2.98. The second-order valence-corrected chi connectivity index (χ2v) is 2.87. The maximum atomic E-state index is 10.4. The van der Waals surface area contributed by atoms with E-state index in [0.29, 0.717) is 11.3 Å². The van der Waals surface area contributed by atoms with Crippen molar-refractivity contribution in [1.82, 2.24) is 0 Å². The lowest BCUT2D eigenvalue weighted by molar-refractivity contribution is -0.415. The summed E-state index contributed by atoms with van der Waals surface area (Å²) in [5.41, 5.74) is 0.613. The number of allylic oxidation sites excluding steroid dienone is 1. The Hall–Kier alpha value is -1.30. The van der Waals surface area contributed by atoms with Crippen molar-refractivity contribution in [2.75, 3.05) is 0 Å². The van der Waals surface area contributed by atoms with Gasteiger partial charge in [-0.1, -0.05) is 0 Å². The van der Waals surface area contributed by atoms with Crippen LogP contribution in [0.25, 0.3) is 0 Å². The standard InChI is InChI=1S/C6H6N2O3S/c1-3-5(8(9)10)4(2)7-6(3)12-11/h1-2H3. The molecule has 1 heterocycles. The average Bonchev–Trinajstić information content (AvgIpc) is 2.25. The van der Waals surface area contributed by atoms with Crippen LogP contribution in [0.4, 0.5) is 0 Å². The van der Waals surface area contributed by atoms with E-state index >= 15 is 0 Å². The Kier molecular flexibility index (Phi) is 2.18. The number of nitrogens with zero attached hydrogens (tertiary/aromatic N) is 2. The molecule has 64 valence electrons. The van der Waals surface area contributed by atoms with Crippen molar-refractivity contribution >= 4 is 22.0 Å². The van der Waals surface area contributed by atoms with Crippen molar-refractivity contribution in [1.29, 1.82) is 0 Å². The molecule has 0 unspecified atom stereocenters. The molecule has 1 rings (SSSR count). The molecule has 6 heteroatoms. The van der Waals surface area contributed by atoms with Crippen molar-refractivity contribution in [2.24, 2.45) is 4.99 Å². The molecule has 12 heavy (non-hydrogen) atoms. The van der Waals surface area contributed by atoms with Crippen LogP contribution in [0.3, 0.4) is 0 Å². The lowest BCUT2D eigenvalue weighted by Crippen LogP contribution is -2.06. The molecule has 0 aromatic carbocycles. The molecule has 0 fully saturated rings. The van der Waals surface area contributed by atoms with Crippen LogP contribution in [0.15, 0.2) is 16.3 Å². The Balaban J connectivity index is 3.33. The fraction of sp³-hybridized carbons (Fsp3) is 0.333. The predicted octanol–water partition coefficient (Wildman–Crippen LogP) is 0.355. The van der Waals surface area contributed by atoms with Crippen molar-refractivity contribution in [3.05, 3.63) is 21.4 Å². The van der Waals surface area contributed by atoms with Crippen LogP contribution in [-0.4, -0.2) is 19.8 Å². The van der Waals surface area contributed by atoms with Crippen molar-refractivity contribution < 1.29 is 9.13 Å². The van der Waals surface area contributed by atoms with Gasteiger partial charge in [0.05, 0.1) is 10.5 Å². The smallest absolute Gasteiger partial charge is 0.258 e. The molecule has 0 saturated heterocycles. The van der Waals surface area contributed by atoms with Gasteiger partial charge in [0.2, 0.25) is 0 Å². The highest BCUT2D eigenvalue weighted by Crippen LogP contribution is 2.16. The minimum atomic E-state index is -0.516. The Morgan fingerprint density at radius 1 is 1.50 bits per heavy atom. The van der Waals surface area contributed by atoms with E-state index in [1.54, 1.807) is 0 Å². The average molecular weight is 186 g/mol. The molecular weight excluding hydrogens is 180 g/mol. The third-order valence-corrected chi connectivity index (χ3v) is 2.10. The zero-order valence-electron chi connectivity index (χ0n) is 6.53. The SMILES string of the molecule is CC1=NC(=S=O)C(C)=C1[N+](=O)[O-]. The minimum Gasteiger partial charge on any atom is -0.258 e. The summed E-state index contributed by atoms with van der Waals surface area (Å²) in [6, 6.07) is 0. The van der Waals surface area contributed by atoms with Gasteiger partial charge < -0.3 is 0 Å². The van der Waals surface area contributed by atoms with Gasteiger partial charge in [0.1, 0.15) is 17.0 Å². The third-order valence-electron chi connectivity index (χ3n) is 1.55. The maximum Gasteiger partial charge on any atom is 0.296 e. The second-order valence-electron chi connectivity index (χ2n) is 2.32. The van der Waals surface area contributed by atoms with E-state index < -0.39 is 4.92 Å². The fourth-order valence-corrected chi connectivity index (χ4v) is 1.41. The number of aliphatic imine (C=N–C) groups is 1. The van der Waals surface area contributed by atoms with Crippen LogP contribution < -0.4 is 0 Å². The Morgan fingerprint density at radius 2 is 2.08 bits per heavy atom. The lowest BCUT2D eigenvalue weighted by Gasteiger charge is -1.90. The Labute approximate surface area is 72.0 Å². The van der Waals surface area contributed by atoms with Gasteiger partial charge in [-0.15, -0.1) is 0 Å². The Bertz CT molecular complexity index is 363. The van der Waals surface area contributed by atoms with E-state index in [2.05, 4.69) is 4.99 Å². The van der Waals surface area contributed by atoms with Gasteiger partial charge in [-0.05, 0) is 13.8 Å². The van der Waals surface area contributed by atoms with E-state index in [1.807, 2.05) is 0 Å². The van der Waals surface area contributed by atoms with E-state index in [0.717, 1.165) is 0 Å². The van der Waals surface area contributed by atoms with Gasteiger partial charge in [0.15, 0.2) is 4.99 Å². The van der Waals surface area contributed by atoms with Crippen LogP contribution in [0.1, 0.15) is 13.8 Å². The number of nitro groups is 1. The van der Waals surface area contributed by atoms with Gasteiger partial charge in [-0.25, -0.2) is 9.20 Å². The Morgan fingerprint density at radius 3 is 2.33 bits per heavy atom. The van der Waals surface area contributed by atoms with Gasteiger partial charge in [-0.2, -0.15) is 0 Å². The van der Waals surface area contributed by atoms with Crippen LogP contribution in [-0.2, 0) is 11.3 Å². The monoisotopic (exact) mass is 186 g/mol. The molecule has 0 bridgehead atoms. The third kappa shape index (κ3) is 1.20. The zero-order valence-corrected chi connectivity index (χ0v) is 7.34. The zero-order chi connectivity index (χ0) is 9.30. The van der Waals surface area contributed by atoms with Gasteiger partial charge in [-0.3, -0.25) is 10.1 Å². The summed E-state index contributed by atoms with van der Waals surface area (Å²) >= 11 is 0.182. The van der Waals surface area contributed by atoms with Crippen LogP contribution in [0.2, 0.25) is 0 Å². The van der Waals surface area contributed by atoms with E-state index in [-0.39, 0.29) is 21.9 Å². The van der Waals surface area contributed by atoms with Crippen molar-refractivity contribution in [2.45, 2.75) is 13.8 Å². The minimum absolute atomic E-state index is 0.0478. The molecule has 1 aliphatic heterocycles. The van der Waals surface area contributed by atoms with Gasteiger partial charge in [0, 0.05) is 0 Å². The molecular formula is C6H6N2O3S. The van der Waals surface area contributed by atoms with Crippen LogP contribution >= 0.6 is 0 Å². The largest absolute Gasteiger partial charge is 0.296 e. The molecule has 0 aromatic rings. The highest BCUT2D eigenvalue weighted by atomic mass is 32.1. The topological polar surface area (TPSA) is 72.6 Å². The first-order chi connectivity index (χ1) is 5.57. The molecule has 5 nitrogen and oxygen atoms in total. The number of hydrogen-bond donors (Lipinski definition) is 0. The van der Waals surface area contributed by atoms with Crippen molar-refractivity contribution in [3.8, 4) is 0 Å². The molecule has 0 spiro atoms. The summed E-state index contributed by atoms with van der Waals surface area (Å²) in [7, 11) is 0. The highest BCUT2D eigenvalue weighted by molar-refractivity contribution is 7.67. The van der Waals surface area contributed by atoms with Gasteiger partial charge in [0.25, 0.3) is 5.70 Å². The van der Waals surface area contributed by atoms with Crippen molar-refractivity contribution in [3.63, 3.8) is 0 Å². The van der Waals surface area contributed by atoms with E-state index in [9.17, 15) is 14.3 Å². The van der Waals surface area contributed by atoms with Crippen LogP contribution in [0.5, 0.6) is 0 Å². The molecule has 0 saturated carbocycles. The first-order valence-electron chi connectivity index (χ1n) is 3.16. The quantitative estimate of drug-likeness (QED) is 0.337. The van der Waals surface area contributed by atoms with Gasteiger partial charge >= 0.3 is 0 Å². The molecule has 0 aromatic heterocycles. The number of hydrogen-bond acceptors (Lipinski definition) is 3. The summed E-state index contributed by atoms with van der Waals surface area (Å²) < 4.78 is 10.4. The molecule has 0 aliphatic carbocycles. The molecule has 1 aliphatic rings. The molecule has 0 amide bonds. The molecule has 0 N–H and O–H groups in total. The van der Waals surface area contributed by atoms with E-state index in [1.165, 1.54) is 13.8 Å². The van der Waals surface area contributed by atoms with Crippen LogP contribution in [0, 0.1) is 10.1 Å². The molecule has 0 radical (unpaired) electrons. The summed E-state index contributed by atoms with van der Waals surface area (Å²) in [6.45, 7) is 3.04. The summed E-state index contributed by atoms with van der Waals surface area (Å²) in [6.07, 6.45) is 0. The predicted molar refractivity (Wildman–Crippen MR) is 46.0 cm³/mol. The van der Waals surface area contributed by atoms with E-state index in [4.69, 9.17) is 0 Å². The lowest BCUT2D eigenvalue weighted by atomic mass is 10.2. The normalized spacial score (nSPS) is 16.5. The first kappa shape index (κ1) is 8.79.